The third-order valence-electron chi connectivity index (χ3n) is 6.59. The van der Waals surface area contributed by atoms with Gasteiger partial charge >= 0.3 is 0 Å². The van der Waals surface area contributed by atoms with Crippen LogP contribution in [0.15, 0.2) is 137 Å². The zero-order valence-corrected chi connectivity index (χ0v) is 23.1. The molecule has 0 aromatic heterocycles. The number of rotatable bonds is 12. The molecule has 0 aliphatic carbocycles. The summed E-state index contributed by atoms with van der Waals surface area (Å²) in [7, 11) is 0. The predicted molar refractivity (Wildman–Crippen MR) is 167 cm³/mol. The maximum absolute atomic E-state index is 10.6. The van der Waals surface area contributed by atoms with Gasteiger partial charge in [0.15, 0.2) is 0 Å². The van der Waals surface area contributed by atoms with Gasteiger partial charge in [-0.2, -0.15) is 0 Å². The number of phenolic OH excluding ortho intramolecular Hbond substituents is 2. The Bertz CT molecular complexity index is 1620. The third kappa shape index (κ3) is 8.08. The molecule has 0 aliphatic rings. The van der Waals surface area contributed by atoms with Crippen molar-refractivity contribution >= 4 is 12.4 Å². The minimum absolute atomic E-state index is 0.0825. The van der Waals surface area contributed by atoms with Crippen LogP contribution < -0.4 is 9.47 Å². The van der Waals surface area contributed by atoms with E-state index in [9.17, 15) is 10.2 Å². The highest BCUT2D eigenvalue weighted by atomic mass is 16.5. The summed E-state index contributed by atoms with van der Waals surface area (Å²) in [5.74, 6) is 1.33. The number of hydrogen-bond acceptors (Lipinski definition) is 6. The number of nitrogens with zero attached hydrogens (tertiary/aromatic N) is 2. The average molecular weight is 557 g/mol. The van der Waals surface area contributed by atoms with Gasteiger partial charge in [-0.05, 0) is 41.0 Å². The molecule has 0 aliphatic heterocycles. The first kappa shape index (κ1) is 28.2. The van der Waals surface area contributed by atoms with Crippen LogP contribution in [0, 0.1) is 0 Å². The van der Waals surface area contributed by atoms with Gasteiger partial charge in [-0.3, -0.25) is 9.98 Å². The Balaban J connectivity index is 1.23. The standard InChI is InChI=1S/C36H32N2O4/c39-35-20-32(41-25-27-10-4-1-5-11-27)18-16-30(35)22-37-24-34(29-14-8-3-9-15-29)38-23-31-17-19-33(21-36(31)40)42-26-28-12-6-2-7-13-28/h1-23,34,39-40H,24-26H2/t34-/m1/s1. The first-order valence-electron chi connectivity index (χ1n) is 13.7. The molecule has 6 nitrogen and oxygen atoms in total. The Morgan fingerprint density at radius 2 is 1.05 bits per heavy atom. The number of benzene rings is 5. The lowest BCUT2D eigenvalue weighted by Crippen LogP contribution is -2.02. The Morgan fingerprint density at radius 3 is 1.55 bits per heavy atom. The molecule has 0 saturated heterocycles. The fourth-order valence-electron chi connectivity index (χ4n) is 4.26. The molecule has 0 unspecified atom stereocenters. The summed E-state index contributed by atoms with van der Waals surface area (Å²) in [6, 6.07) is 39.7. The summed E-state index contributed by atoms with van der Waals surface area (Å²) in [4.78, 5) is 9.33. The molecule has 0 spiro atoms. The van der Waals surface area contributed by atoms with Gasteiger partial charge in [0.1, 0.15) is 36.2 Å². The Kier molecular flexibility index (Phi) is 9.61. The fourth-order valence-corrected chi connectivity index (χ4v) is 4.26. The lowest BCUT2D eigenvalue weighted by molar-refractivity contribution is 0.304. The molecule has 0 heterocycles. The van der Waals surface area contributed by atoms with Gasteiger partial charge in [-0.15, -0.1) is 0 Å². The highest BCUT2D eigenvalue weighted by molar-refractivity contribution is 5.84. The van der Waals surface area contributed by atoms with Crippen molar-refractivity contribution in [2.24, 2.45) is 9.98 Å². The molecule has 210 valence electrons. The van der Waals surface area contributed by atoms with E-state index in [2.05, 4.69) is 4.99 Å². The van der Waals surface area contributed by atoms with E-state index >= 15 is 0 Å². The van der Waals surface area contributed by atoms with E-state index in [-0.39, 0.29) is 17.5 Å². The lowest BCUT2D eigenvalue weighted by Gasteiger charge is -2.11. The first-order valence-corrected chi connectivity index (χ1v) is 13.7. The number of hydrogen-bond donors (Lipinski definition) is 2. The summed E-state index contributed by atoms with van der Waals surface area (Å²) < 4.78 is 11.6. The predicted octanol–water partition coefficient (Wildman–Crippen LogP) is 7.54. The van der Waals surface area contributed by atoms with Gasteiger partial charge in [0, 0.05) is 35.7 Å². The second kappa shape index (κ2) is 14.3. The number of phenols is 2. The lowest BCUT2D eigenvalue weighted by atomic mass is 10.1. The summed E-state index contributed by atoms with van der Waals surface area (Å²) in [5.41, 5.74) is 4.25. The normalized spacial score (nSPS) is 12.0. The summed E-state index contributed by atoms with van der Waals surface area (Å²) in [5, 5.41) is 21.2. The number of ether oxygens (including phenoxy) is 2. The number of aliphatic imine (C=N–C) groups is 2. The van der Waals surface area contributed by atoms with Crippen LogP contribution in [0.3, 0.4) is 0 Å². The van der Waals surface area contributed by atoms with Crippen molar-refractivity contribution in [3.05, 3.63) is 155 Å². The molecular weight excluding hydrogens is 524 g/mol. The van der Waals surface area contributed by atoms with Crippen LogP contribution in [0.5, 0.6) is 23.0 Å². The molecule has 0 amide bonds. The molecule has 6 heteroatoms. The van der Waals surface area contributed by atoms with E-state index in [0.29, 0.717) is 42.4 Å². The van der Waals surface area contributed by atoms with Gasteiger partial charge < -0.3 is 19.7 Å². The smallest absolute Gasteiger partial charge is 0.128 e. The van der Waals surface area contributed by atoms with Gasteiger partial charge in [0.25, 0.3) is 0 Å². The second-order valence-corrected chi connectivity index (χ2v) is 9.69. The third-order valence-corrected chi connectivity index (χ3v) is 6.59. The van der Waals surface area contributed by atoms with Crippen LogP contribution in [0.2, 0.25) is 0 Å². The first-order chi connectivity index (χ1) is 20.6. The molecule has 0 fully saturated rings. The maximum atomic E-state index is 10.6. The summed E-state index contributed by atoms with van der Waals surface area (Å²) >= 11 is 0. The van der Waals surface area contributed by atoms with Crippen LogP contribution in [0.4, 0.5) is 0 Å². The van der Waals surface area contributed by atoms with Crippen LogP contribution >= 0.6 is 0 Å². The van der Waals surface area contributed by atoms with E-state index in [0.717, 1.165) is 16.7 Å². The Labute approximate surface area is 245 Å². The topological polar surface area (TPSA) is 83.6 Å². The SMILES string of the molecule is Oc1cc(OCc2ccccc2)ccc1C=NC[C@@H](N=Cc1ccc(OCc2ccccc2)cc1O)c1ccccc1. The van der Waals surface area contributed by atoms with Crippen LogP contribution in [-0.4, -0.2) is 29.2 Å². The molecule has 42 heavy (non-hydrogen) atoms. The second-order valence-electron chi connectivity index (χ2n) is 9.69. The van der Waals surface area contributed by atoms with Crippen molar-refractivity contribution in [2.75, 3.05) is 6.54 Å². The summed E-state index contributed by atoms with van der Waals surface area (Å²) in [6.07, 6.45) is 3.29. The molecule has 5 aromatic carbocycles. The van der Waals surface area contributed by atoms with Crippen molar-refractivity contribution in [1.29, 1.82) is 0 Å². The van der Waals surface area contributed by atoms with E-state index < -0.39 is 0 Å². The molecular formula is C36H32N2O4. The van der Waals surface area contributed by atoms with E-state index in [4.69, 9.17) is 14.5 Å². The van der Waals surface area contributed by atoms with E-state index in [1.807, 2.05) is 103 Å². The fraction of sp³-hybridized carbons (Fsp3) is 0.111. The highest BCUT2D eigenvalue weighted by Crippen LogP contribution is 2.26. The van der Waals surface area contributed by atoms with Crippen LogP contribution in [0.25, 0.3) is 0 Å². The van der Waals surface area contributed by atoms with Gasteiger partial charge in [0.2, 0.25) is 0 Å². The minimum Gasteiger partial charge on any atom is -0.507 e. The summed E-state index contributed by atoms with van der Waals surface area (Å²) in [6.45, 7) is 1.19. The molecule has 0 bridgehead atoms. The quantitative estimate of drug-likeness (QED) is 0.156. The van der Waals surface area contributed by atoms with Crippen molar-refractivity contribution in [3.8, 4) is 23.0 Å². The van der Waals surface area contributed by atoms with Crippen LogP contribution in [0.1, 0.15) is 33.9 Å². The van der Waals surface area contributed by atoms with Gasteiger partial charge in [-0.25, -0.2) is 0 Å². The minimum atomic E-state index is -0.286. The van der Waals surface area contributed by atoms with Crippen molar-refractivity contribution in [2.45, 2.75) is 19.3 Å². The zero-order valence-electron chi connectivity index (χ0n) is 23.1. The Morgan fingerprint density at radius 1 is 0.571 bits per heavy atom. The van der Waals surface area contributed by atoms with Crippen molar-refractivity contribution in [3.63, 3.8) is 0 Å². The molecule has 0 radical (unpaired) electrons. The van der Waals surface area contributed by atoms with Gasteiger partial charge in [0.05, 0.1) is 12.6 Å². The van der Waals surface area contributed by atoms with E-state index in [1.54, 1.807) is 36.7 Å². The average Bonchev–Trinajstić information content (AvgIpc) is 3.03. The highest BCUT2D eigenvalue weighted by Gasteiger charge is 2.10. The molecule has 1 atom stereocenters. The van der Waals surface area contributed by atoms with Gasteiger partial charge in [-0.1, -0.05) is 91.0 Å². The number of aromatic hydroxyl groups is 2. The largest absolute Gasteiger partial charge is 0.507 e. The monoisotopic (exact) mass is 556 g/mol. The van der Waals surface area contributed by atoms with Crippen molar-refractivity contribution in [1.82, 2.24) is 0 Å². The molecule has 5 rings (SSSR count). The Hall–Kier alpha value is -5.36. The van der Waals surface area contributed by atoms with E-state index in [1.165, 1.54) is 0 Å². The molecule has 0 saturated carbocycles. The maximum Gasteiger partial charge on any atom is 0.128 e. The van der Waals surface area contributed by atoms with Crippen LogP contribution in [-0.2, 0) is 13.2 Å². The molecule has 5 aromatic rings. The molecule has 2 N–H and O–H groups in total. The van der Waals surface area contributed by atoms with Crippen molar-refractivity contribution < 1.29 is 19.7 Å². The zero-order chi connectivity index (χ0) is 29.0.